The average Bonchev–Trinajstić information content (AvgIpc) is 2.44. The van der Waals surface area contributed by atoms with Crippen LogP contribution in [0.3, 0.4) is 0 Å². The van der Waals surface area contributed by atoms with Gasteiger partial charge in [0.15, 0.2) is 5.75 Å². The fourth-order valence-corrected chi connectivity index (χ4v) is 2.67. The van der Waals surface area contributed by atoms with Gasteiger partial charge in [-0.1, -0.05) is 30.3 Å². The lowest BCUT2D eigenvalue weighted by molar-refractivity contribution is 0.358. The Morgan fingerprint density at radius 3 is 2.43 bits per heavy atom. The third-order valence-corrected chi connectivity index (χ3v) is 3.65. The highest BCUT2D eigenvalue weighted by molar-refractivity contribution is 5.32. The Bertz CT molecular complexity index is 675. The van der Waals surface area contributed by atoms with E-state index >= 15 is 0 Å². The maximum Gasteiger partial charge on any atom is 0.223 e. The van der Waals surface area contributed by atoms with Gasteiger partial charge in [-0.25, -0.2) is 0 Å². The molecular weight excluding hydrogens is 264 g/mol. The van der Waals surface area contributed by atoms with Gasteiger partial charge in [-0.15, -0.1) is 0 Å². The van der Waals surface area contributed by atoms with Gasteiger partial charge in [0.05, 0.1) is 11.7 Å². The molecular formula is C17H22N2O2. The summed E-state index contributed by atoms with van der Waals surface area (Å²) in [6.07, 6.45) is 0. The minimum Gasteiger partial charge on any atom is -0.503 e. The second-order valence-corrected chi connectivity index (χ2v) is 5.64. The predicted molar refractivity (Wildman–Crippen MR) is 84.7 cm³/mol. The van der Waals surface area contributed by atoms with Crippen molar-refractivity contribution in [2.45, 2.75) is 26.4 Å². The van der Waals surface area contributed by atoms with Crippen LogP contribution in [-0.2, 0) is 6.54 Å². The van der Waals surface area contributed by atoms with Gasteiger partial charge in [-0.3, -0.25) is 4.79 Å². The summed E-state index contributed by atoms with van der Waals surface area (Å²) in [7, 11) is 3.84. The largest absolute Gasteiger partial charge is 0.503 e. The monoisotopic (exact) mass is 286 g/mol. The van der Waals surface area contributed by atoms with Gasteiger partial charge in [-0.2, -0.15) is 0 Å². The first-order chi connectivity index (χ1) is 9.91. The molecule has 0 saturated heterocycles. The maximum absolute atomic E-state index is 11.9. The average molecular weight is 286 g/mol. The van der Waals surface area contributed by atoms with Crippen molar-refractivity contribution >= 4 is 0 Å². The van der Waals surface area contributed by atoms with E-state index in [0.29, 0.717) is 12.2 Å². The summed E-state index contributed by atoms with van der Waals surface area (Å²) in [4.78, 5) is 13.8. The molecule has 4 nitrogen and oxygen atoms in total. The Hall–Kier alpha value is -2.07. The summed E-state index contributed by atoms with van der Waals surface area (Å²) in [6.45, 7) is 4.49. The Labute approximate surface area is 125 Å². The standard InChI is InChI=1S/C17H22N2O2/c1-12-10-16(20)17(21)15(11-18(3)4)19(12)13(2)14-8-6-5-7-9-14/h5-10,13,21H,11H2,1-4H3. The van der Waals surface area contributed by atoms with Crippen molar-refractivity contribution in [3.63, 3.8) is 0 Å². The third-order valence-electron chi connectivity index (χ3n) is 3.65. The van der Waals surface area contributed by atoms with E-state index in [1.807, 2.05) is 48.7 Å². The van der Waals surface area contributed by atoms with Gasteiger partial charge in [0, 0.05) is 18.3 Å². The molecule has 0 aliphatic heterocycles. The van der Waals surface area contributed by atoms with E-state index in [0.717, 1.165) is 11.3 Å². The fourth-order valence-electron chi connectivity index (χ4n) is 2.67. The molecule has 4 heteroatoms. The van der Waals surface area contributed by atoms with E-state index in [1.165, 1.54) is 6.07 Å². The summed E-state index contributed by atoms with van der Waals surface area (Å²) in [6, 6.07) is 11.6. The van der Waals surface area contributed by atoms with Crippen LogP contribution in [0, 0.1) is 6.92 Å². The first-order valence-corrected chi connectivity index (χ1v) is 7.05. The van der Waals surface area contributed by atoms with Crippen LogP contribution in [0.25, 0.3) is 0 Å². The maximum atomic E-state index is 11.9. The van der Waals surface area contributed by atoms with E-state index < -0.39 is 0 Å². The number of nitrogens with zero attached hydrogens (tertiary/aromatic N) is 2. The number of aromatic hydroxyl groups is 1. The van der Waals surface area contributed by atoms with Crippen LogP contribution in [0.5, 0.6) is 5.75 Å². The molecule has 1 unspecified atom stereocenters. The molecule has 0 fully saturated rings. The molecule has 0 saturated carbocycles. The van der Waals surface area contributed by atoms with Crippen molar-refractivity contribution in [3.8, 4) is 5.75 Å². The lowest BCUT2D eigenvalue weighted by Crippen LogP contribution is -2.24. The minimum absolute atomic E-state index is 0.0487. The highest BCUT2D eigenvalue weighted by Gasteiger charge is 2.18. The zero-order chi connectivity index (χ0) is 15.6. The molecule has 2 aromatic rings. The van der Waals surface area contributed by atoms with Crippen LogP contribution >= 0.6 is 0 Å². The number of aromatic nitrogens is 1. The van der Waals surface area contributed by atoms with Gasteiger partial charge in [-0.05, 0) is 33.5 Å². The summed E-state index contributed by atoms with van der Waals surface area (Å²) in [5, 5.41) is 10.2. The Kier molecular flexibility index (Phi) is 4.48. The van der Waals surface area contributed by atoms with Crippen molar-refractivity contribution in [1.82, 2.24) is 9.47 Å². The molecule has 0 spiro atoms. The molecule has 0 radical (unpaired) electrons. The molecule has 0 amide bonds. The normalized spacial score (nSPS) is 12.6. The number of aryl methyl sites for hydroxylation is 1. The number of benzene rings is 1. The molecule has 1 atom stereocenters. The van der Waals surface area contributed by atoms with Gasteiger partial charge in [0.2, 0.25) is 5.43 Å². The van der Waals surface area contributed by atoms with Gasteiger partial charge in [0.1, 0.15) is 0 Å². The van der Waals surface area contributed by atoms with Gasteiger partial charge in [0.25, 0.3) is 0 Å². The molecule has 1 heterocycles. The van der Waals surface area contributed by atoms with Crippen LogP contribution in [-0.4, -0.2) is 28.7 Å². The van der Waals surface area contributed by atoms with Crippen LogP contribution in [0.15, 0.2) is 41.2 Å². The van der Waals surface area contributed by atoms with Crippen molar-refractivity contribution < 1.29 is 5.11 Å². The quantitative estimate of drug-likeness (QED) is 0.939. The number of hydrogen-bond acceptors (Lipinski definition) is 3. The van der Waals surface area contributed by atoms with Crippen LogP contribution < -0.4 is 5.43 Å². The predicted octanol–water partition coefficient (Wildman–Crippen LogP) is 2.53. The lowest BCUT2D eigenvalue weighted by Gasteiger charge is -2.26. The summed E-state index contributed by atoms with van der Waals surface area (Å²) in [5.74, 6) is -0.155. The van der Waals surface area contributed by atoms with Crippen molar-refractivity contribution in [2.24, 2.45) is 0 Å². The van der Waals surface area contributed by atoms with E-state index in [-0.39, 0.29) is 17.2 Å². The van der Waals surface area contributed by atoms with Crippen molar-refractivity contribution in [2.75, 3.05) is 14.1 Å². The molecule has 1 N–H and O–H groups in total. The zero-order valence-corrected chi connectivity index (χ0v) is 13.0. The van der Waals surface area contributed by atoms with Crippen LogP contribution in [0.2, 0.25) is 0 Å². The second kappa shape index (κ2) is 6.14. The van der Waals surface area contributed by atoms with Crippen LogP contribution in [0.4, 0.5) is 0 Å². The van der Waals surface area contributed by atoms with E-state index in [1.54, 1.807) is 0 Å². The lowest BCUT2D eigenvalue weighted by atomic mass is 10.1. The number of rotatable bonds is 4. The first kappa shape index (κ1) is 15.3. The second-order valence-electron chi connectivity index (χ2n) is 5.64. The van der Waals surface area contributed by atoms with Crippen LogP contribution in [0.1, 0.15) is 29.9 Å². The van der Waals surface area contributed by atoms with E-state index in [2.05, 4.69) is 19.1 Å². The molecule has 21 heavy (non-hydrogen) atoms. The minimum atomic E-state index is -0.319. The molecule has 0 aliphatic rings. The SMILES string of the molecule is Cc1cc(=O)c(O)c(CN(C)C)n1C(C)c1ccccc1. The Morgan fingerprint density at radius 1 is 1.24 bits per heavy atom. The highest BCUT2D eigenvalue weighted by Crippen LogP contribution is 2.25. The Morgan fingerprint density at radius 2 is 1.86 bits per heavy atom. The number of hydrogen-bond donors (Lipinski definition) is 1. The fraction of sp³-hybridized carbons (Fsp3) is 0.353. The highest BCUT2D eigenvalue weighted by atomic mass is 16.3. The first-order valence-electron chi connectivity index (χ1n) is 7.05. The topological polar surface area (TPSA) is 45.5 Å². The van der Waals surface area contributed by atoms with Crippen molar-refractivity contribution in [3.05, 3.63) is 63.6 Å². The molecule has 112 valence electrons. The van der Waals surface area contributed by atoms with Gasteiger partial charge >= 0.3 is 0 Å². The number of pyridine rings is 1. The Balaban J connectivity index is 2.61. The molecule has 0 aliphatic carbocycles. The van der Waals surface area contributed by atoms with E-state index in [4.69, 9.17) is 0 Å². The molecule has 1 aromatic carbocycles. The van der Waals surface area contributed by atoms with Crippen molar-refractivity contribution in [1.29, 1.82) is 0 Å². The summed E-state index contributed by atoms with van der Waals surface area (Å²) in [5.41, 5.74) is 2.33. The summed E-state index contributed by atoms with van der Waals surface area (Å²) < 4.78 is 2.03. The smallest absolute Gasteiger partial charge is 0.223 e. The van der Waals surface area contributed by atoms with E-state index in [9.17, 15) is 9.90 Å². The zero-order valence-electron chi connectivity index (χ0n) is 13.0. The third kappa shape index (κ3) is 3.16. The molecule has 0 bridgehead atoms. The van der Waals surface area contributed by atoms with Gasteiger partial charge < -0.3 is 14.6 Å². The molecule has 2 rings (SSSR count). The molecule has 1 aromatic heterocycles. The summed E-state index contributed by atoms with van der Waals surface area (Å²) >= 11 is 0.